The fourth-order valence-corrected chi connectivity index (χ4v) is 6.34. The minimum atomic E-state index is -4.74. The number of halogens is 4. The van der Waals surface area contributed by atoms with Crippen LogP contribution in [0.3, 0.4) is 0 Å². The van der Waals surface area contributed by atoms with Gasteiger partial charge in [-0.3, -0.25) is 9.69 Å². The van der Waals surface area contributed by atoms with Gasteiger partial charge in [-0.05, 0) is 67.4 Å². The smallest absolute Gasteiger partial charge is 0.416 e. The molecule has 7 nitrogen and oxygen atoms in total. The van der Waals surface area contributed by atoms with Crippen LogP contribution in [0.4, 0.5) is 17.6 Å². The molecule has 1 heterocycles. The maximum Gasteiger partial charge on any atom is 0.416 e. The summed E-state index contributed by atoms with van der Waals surface area (Å²) in [6.07, 6.45) is -2.23. The van der Waals surface area contributed by atoms with Gasteiger partial charge >= 0.3 is 6.18 Å². The van der Waals surface area contributed by atoms with E-state index in [-0.39, 0.29) is 18.0 Å². The van der Waals surface area contributed by atoms with Crippen LogP contribution in [-0.2, 0) is 27.5 Å². The second-order valence-electron chi connectivity index (χ2n) is 10.7. The molecule has 5 rings (SSSR count). The van der Waals surface area contributed by atoms with Gasteiger partial charge in [-0.15, -0.1) is 0 Å². The number of nitrogens with one attached hydrogen (secondary N) is 2. The highest BCUT2D eigenvalue weighted by atomic mass is 32.2. The highest BCUT2D eigenvalue weighted by molar-refractivity contribution is 7.89. The van der Waals surface area contributed by atoms with Crippen LogP contribution >= 0.6 is 0 Å². The Kier molecular flexibility index (Phi) is 8.58. The van der Waals surface area contributed by atoms with E-state index in [1.165, 1.54) is 25.0 Å². The monoisotopic (exact) mass is 605 g/mol. The first-order chi connectivity index (χ1) is 19.9. The fraction of sp³-hybridized carbons (Fsp3) is 0.367. The number of benzene rings is 3. The van der Waals surface area contributed by atoms with Crippen LogP contribution in [0.15, 0.2) is 71.6 Å². The van der Waals surface area contributed by atoms with E-state index >= 15 is 0 Å². The van der Waals surface area contributed by atoms with E-state index in [0.29, 0.717) is 30.9 Å². The number of hydrogen-bond acceptors (Lipinski definition) is 5. The van der Waals surface area contributed by atoms with Crippen LogP contribution in [0.5, 0.6) is 5.75 Å². The van der Waals surface area contributed by atoms with Gasteiger partial charge in [0.15, 0.2) is 0 Å². The second kappa shape index (κ2) is 12.0. The van der Waals surface area contributed by atoms with Crippen molar-refractivity contribution in [3.63, 3.8) is 0 Å². The van der Waals surface area contributed by atoms with Crippen molar-refractivity contribution in [2.75, 3.05) is 13.7 Å². The highest BCUT2D eigenvalue weighted by Crippen LogP contribution is 2.35. The summed E-state index contributed by atoms with van der Waals surface area (Å²) in [5, 5.41) is 2.94. The normalized spacial score (nSPS) is 17.8. The number of ether oxygens (including phenoxy) is 1. The molecule has 0 bridgehead atoms. The summed E-state index contributed by atoms with van der Waals surface area (Å²) < 4.78 is 87.8. The maximum absolute atomic E-state index is 13.6. The Morgan fingerprint density at radius 1 is 1.05 bits per heavy atom. The third-order valence-electron chi connectivity index (χ3n) is 7.49. The van der Waals surface area contributed by atoms with Crippen LogP contribution in [0, 0.1) is 5.82 Å². The van der Waals surface area contributed by atoms with E-state index in [1.807, 2.05) is 18.2 Å². The molecule has 1 fully saturated rings. The topological polar surface area (TPSA) is 87.7 Å². The molecule has 3 aromatic rings. The number of alkyl halides is 3. The average molecular weight is 606 g/mol. The van der Waals surface area contributed by atoms with Gasteiger partial charge in [0.25, 0.3) is 0 Å². The summed E-state index contributed by atoms with van der Waals surface area (Å²) in [5.74, 6) is -0.385. The molecule has 0 spiro atoms. The van der Waals surface area contributed by atoms with Crippen LogP contribution < -0.4 is 14.8 Å². The number of carbonyl (C=O) groups is 1. The Morgan fingerprint density at radius 2 is 1.79 bits per heavy atom. The van der Waals surface area contributed by atoms with E-state index < -0.39 is 44.4 Å². The predicted molar refractivity (Wildman–Crippen MR) is 147 cm³/mol. The first-order valence-electron chi connectivity index (χ1n) is 13.6. The summed E-state index contributed by atoms with van der Waals surface area (Å²) in [4.78, 5) is 14.9. The molecule has 0 radical (unpaired) electrons. The molecule has 3 aromatic carbocycles. The van der Waals surface area contributed by atoms with Crippen molar-refractivity contribution in [3.05, 3.63) is 94.8 Å². The SMILES string of the molecule is CN(Cc1ccc2c(c1)OCCC2NC(=O)CC(NS(=O)(=O)c1cccc(C(F)(F)F)c1)c1ccc(F)cc1)C1CC1. The zero-order valence-electron chi connectivity index (χ0n) is 22.8. The zero-order chi connectivity index (χ0) is 30.1. The van der Waals surface area contributed by atoms with E-state index in [9.17, 15) is 30.8 Å². The highest BCUT2D eigenvalue weighted by Gasteiger charge is 2.33. The number of carbonyl (C=O) groups excluding carboxylic acids is 1. The van der Waals surface area contributed by atoms with E-state index in [4.69, 9.17) is 4.74 Å². The lowest BCUT2D eigenvalue weighted by Gasteiger charge is -2.28. The summed E-state index contributed by atoms with van der Waals surface area (Å²) in [6, 6.07) is 13.1. The van der Waals surface area contributed by atoms with Crippen molar-refractivity contribution in [1.29, 1.82) is 0 Å². The van der Waals surface area contributed by atoms with E-state index in [1.54, 1.807) is 0 Å². The van der Waals surface area contributed by atoms with Crippen molar-refractivity contribution in [2.45, 2.75) is 61.4 Å². The van der Waals surface area contributed by atoms with Gasteiger partial charge in [0.05, 0.1) is 29.1 Å². The number of fused-ring (bicyclic) bond motifs is 1. The van der Waals surface area contributed by atoms with Crippen molar-refractivity contribution in [1.82, 2.24) is 14.9 Å². The molecule has 2 aliphatic rings. The molecule has 0 saturated heterocycles. The molecule has 1 aliphatic carbocycles. The minimum absolute atomic E-state index is 0.277. The lowest BCUT2D eigenvalue weighted by molar-refractivity contribution is -0.137. The summed E-state index contributed by atoms with van der Waals surface area (Å²) in [5.41, 5.74) is 1.05. The number of amides is 1. The fourth-order valence-electron chi connectivity index (χ4n) is 5.07. The molecule has 42 heavy (non-hydrogen) atoms. The molecular formula is C30H31F4N3O4S. The van der Waals surface area contributed by atoms with Crippen molar-refractivity contribution in [3.8, 4) is 5.75 Å². The Balaban J connectivity index is 1.33. The zero-order valence-corrected chi connectivity index (χ0v) is 23.6. The van der Waals surface area contributed by atoms with Crippen molar-refractivity contribution in [2.24, 2.45) is 0 Å². The number of hydrogen-bond donors (Lipinski definition) is 2. The van der Waals surface area contributed by atoms with Crippen LogP contribution in [-0.4, -0.2) is 38.9 Å². The second-order valence-corrected chi connectivity index (χ2v) is 12.4. The van der Waals surface area contributed by atoms with Gasteiger partial charge in [0.1, 0.15) is 11.6 Å². The van der Waals surface area contributed by atoms with Gasteiger partial charge in [-0.2, -0.15) is 13.2 Å². The van der Waals surface area contributed by atoms with Gasteiger partial charge < -0.3 is 10.1 Å². The lowest BCUT2D eigenvalue weighted by Crippen LogP contribution is -2.36. The third-order valence-corrected chi connectivity index (χ3v) is 8.96. The lowest BCUT2D eigenvalue weighted by atomic mass is 9.97. The first kappa shape index (κ1) is 30.0. The summed E-state index contributed by atoms with van der Waals surface area (Å²) in [6.45, 7) is 1.16. The molecule has 2 N–H and O–H groups in total. The minimum Gasteiger partial charge on any atom is -0.493 e. The van der Waals surface area contributed by atoms with Crippen LogP contribution in [0.25, 0.3) is 0 Å². The molecule has 1 saturated carbocycles. The van der Waals surface area contributed by atoms with Crippen LogP contribution in [0.2, 0.25) is 0 Å². The van der Waals surface area contributed by atoms with E-state index in [0.717, 1.165) is 48.0 Å². The summed E-state index contributed by atoms with van der Waals surface area (Å²) >= 11 is 0. The standard InChI is InChI=1S/C30H31F4N3O4S/c1-37(23-10-11-23)18-19-5-12-25-26(13-14-41-28(25)15-19)35-29(38)17-27(20-6-8-22(31)9-7-20)36-42(39,40)24-4-2-3-21(16-24)30(32,33)34/h2-9,12,15-16,23,26-27,36H,10-11,13-14,17-18H2,1H3,(H,35,38). The summed E-state index contributed by atoms with van der Waals surface area (Å²) in [7, 11) is -2.41. The van der Waals surface area contributed by atoms with Crippen LogP contribution in [0.1, 0.15) is 60.0 Å². The largest absolute Gasteiger partial charge is 0.493 e. The Labute approximate surface area is 241 Å². The number of rotatable bonds is 10. The molecule has 1 amide bonds. The molecule has 224 valence electrons. The number of nitrogens with zero attached hydrogens (tertiary/aromatic N) is 1. The molecule has 2 atom stereocenters. The maximum atomic E-state index is 13.6. The van der Waals surface area contributed by atoms with E-state index in [2.05, 4.69) is 22.0 Å². The van der Waals surface area contributed by atoms with Gasteiger partial charge in [0, 0.05) is 31.0 Å². The molecular weight excluding hydrogens is 574 g/mol. The van der Waals surface area contributed by atoms with Gasteiger partial charge in [0.2, 0.25) is 15.9 Å². The third kappa shape index (κ3) is 7.29. The molecule has 2 unspecified atom stereocenters. The number of sulfonamides is 1. The Bertz CT molecular complexity index is 1540. The molecule has 0 aromatic heterocycles. The van der Waals surface area contributed by atoms with Crippen molar-refractivity contribution < 1.29 is 35.5 Å². The molecule has 12 heteroatoms. The first-order valence-corrected chi connectivity index (χ1v) is 15.1. The Morgan fingerprint density at radius 3 is 2.48 bits per heavy atom. The average Bonchev–Trinajstić information content (AvgIpc) is 3.79. The quantitative estimate of drug-likeness (QED) is 0.299. The van der Waals surface area contributed by atoms with Gasteiger partial charge in [-0.1, -0.05) is 30.3 Å². The predicted octanol–water partition coefficient (Wildman–Crippen LogP) is 5.49. The Hall–Kier alpha value is -3.48. The molecule has 1 aliphatic heterocycles. The van der Waals surface area contributed by atoms with Crippen molar-refractivity contribution >= 4 is 15.9 Å². The van der Waals surface area contributed by atoms with Gasteiger partial charge in [-0.25, -0.2) is 17.5 Å².